The number of nitrogens with one attached hydrogen (secondary N) is 2. The number of hydrogen-bond acceptors (Lipinski definition) is 5. The van der Waals surface area contributed by atoms with Gasteiger partial charge in [0.1, 0.15) is 0 Å². The normalized spacial score (nSPS) is 18.6. The first-order valence-electron chi connectivity index (χ1n) is 8.13. The second-order valence-electron chi connectivity index (χ2n) is 6.56. The molecule has 1 atom stereocenters. The van der Waals surface area contributed by atoms with E-state index in [0.717, 1.165) is 38.6 Å². The molecule has 0 amide bonds. The first kappa shape index (κ1) is 22.4. The third kappa shape index (κ3) is 5.92. The van der Waals surface area contributed by atoms with E-state index in [-0.39, 0.29) is 27.8 Å². The molecule has 1 heterocycles. The van der Waals surface area contributed by atoms with Crippen LogP contribution in [0.15, 0.2) is 21.9 Å². The molecule has 1 fully saturated rings. The molecule has 2 N–H and O–H groups in total. The summed E-state index contributed by atoms with van der Waals surface area (Å²) in [7, 11) is -7.21. The van der Waals surface area contributed by atoms with Crippen molar-refractivity contribution in [2.75, 3.05) is 25.9 Å². The Kier molecular flexibility index (Phi) is 7.89. The maximum absolute atomic E-state index is 12.6. The summed E-state index contributed by atoms with van der Waals surface area (Å²) in [4.78, 5) is 0.115. The molecule has 6 nitrogen and oxygen atoms in total. The van der Waals surface area contributed by atoms with E-state index >= 15 is 0 Å². The predicted octanol–water partition coefficient (Wildman–Crippen LogP) is 1.80. The van der Waals surface area contributed by atoms with Gasteiger partial charge in [-0.05, 0) is 75.4 Å². The van der Waals surface area contributed by atoms with E-state index in [1.54, 1.807) is 6.92 Å². The second-order valence-corrected chi connectivity index (χ2v) is 10.3. The van der Waals surface area contributed by atoms with Crippen LogP contribution in [0.1, 0.15) is 30.4 Å². The zero-order valence-electron chi connectivity index (χ0n) is 14.8. The zero-order chi connectivity index (χ0) is 18.0. The lowest BCUT2D eigenvalue weighted by molar-refractivity contribution is 0.358. The summed E-state index contributed by atoms with van der Waals surface area (Å²) in [5.41, 5.74) is 0.882. The molecule has 1 aliphatic rings. The molecule has 0 bridgehead atoms. The number of benzene rings is 1. The smallest absolute Gasteiger partial charge is 0.240 e. The molecule has 1 saturated heterocycles. The minimum atomic E-state index is -3.73. The maximum atomic E-state index is 12.6. The zero-order valence-corrected chi connectivity index (χ0v) is 17.3. The van der Waals surface area contributed by atoms with Crippen LogP contribution in [0.25, 0.3) is 0 Å². The number of hydrogen-bond donors (Lipinski definition) is 2. The largest absolute Gasteiger partial charge is 0.316 e. The Morgan fingerprint density at radius 2 is 1.80 bits per heavy atom. The third-order valence-electron chi connectivity index (χ3n) is 4.39. The quantitative estimate of drug-likeness (QED) is 0.745. The van der Waals surface area contributed by atoms with Crippen LogP contribution in [0.3, 0.4) is 0 Å². The summed E-state index contributed by atoms with van der Waals surface area (Å²) >= 11 is 0. The minimum Gasteiger partial charge on any atom is -0.316 e. The van der Waals surface area contributed by atoms with Crippen molar-refractivity contribution in [2.45, 2.75) is 42.9 Å². The Bertz CT molecular complexity index is 802. The van der Waals surface area contributed by atoms with Gasteiger partial charge in [-0.3, -0.25) is 0 Å². The SMILES string of the molecule is Cc1cc(S(C)(=O)=O)c(C)c(S(=O)(=O)NCCC2CCCNC2)c1.Cl. The van der Waals surface area contributed by atoms with Crippen molar-refractivity contribution in [3.05, 3.63) is 23.3 Å². The number of aryl methyl sites for hydroxylation is 1. The predicted molar refractivity (Wildman–Crippen MR) is 102 cm³/mol. The van der Waals surface area contributed by atoms with Crippen molar-refractivity contribution >= 4 is 32.3 Å². The monoisotopic (exact) mass is 410 g/mol. The molecule has 9 heteroatoms. The summed E-state index contributed by atoms with van der Waals surface area (Å²) in [6.45, 7) is 5.54. The minimum absolute atomic E-state index is 0. The fraction of sp³-hybridized carbons (Fsp3) is 0.625. The highest BCUT2D eigenvalue weighted by Gasteiger charge is 2.23. The van der Waals surface area contributed by atoms with Crippen LogP contribution in [-0.2, 0) is 19.9 Å². The van der Waals surface area contributed by atoms with E-state index in [1.165, 1.54) is 19.1 Å². The maximum Gasteiger partial charge on any atom is 0.240 e. The third-order valence-corrected chi connectivity index (χ3v) is 7.20. The highest BCUT2D eigenvalue weighted by Crippen LogP contribution is 2.25. The number of sulfonamides is 1. The van der Waals surface area contributed by atoms with E-state index in [0.29, 0.717) is 18.0 Å². The lowest BCUT2D eigenvalue weighted by atomic mass is 9.96. The summed E-state index contributed by atoms with van der Waals surface area (Å²) in [5.74, 6) is 0.478. The second kappa shape index (κ2) is 8.81. The van der Waals surface area contributed by atoms with Gasteiger partial charge in [-0.25, -0.2) is 21.6 Å². The van der Waals surface area contributed by atoms with E-state index in [2.05, 4.69) is 10.0 Å². The number of rotatable bonds is 6. The molecule has 1 aromatic carbocycles. The molecule has 0 radical (unpaired) electrons. The lowest BCUT2D eigenvalue weighted by Gasteiger charge is -2.22. The highest BCUT2D eigenvalue weighted by atomic mass is 35.5. The molecular weight excluding hydrogens is 384 g/mol. The fourth-order valence-corrected chi connectivity index (χ4v) is 5.63. The number of piperidine rings is 1. The van der Waals surface area contributed by atoms with Gasteiger partial charge < -0.3 is 5.32 Å². The molecular formula is C16H27ClN2O4S2. The van der Waals surface area contributed by atoms with E-state index < -0.39 is 19.9 Å². The van der Waals surface area contributed by atoms with Crippen molar-refractivity contribution in [1.82, 2.24) is 10.0 Å². The van der Waals surface area contributed by atoms with E-state index in [4.69, 9.17) is 0 Å². The summed E-state index contributed by atoms with van der Waals surface area (Å²) < 4.78 is 51.6. The van der Waals surface area contributed by atoms with Gasteiger partial charge in [0.25, 0.3) is 0 Å². The topological polar surface area (TPSA) is 92.3 Å². The molecule has 2 rings (SSSR count). The van der Waals surface area contributed by atoms with Gasteiger partial charge in [0.2, 0.25) is 10.0 Å². The van der Waals surface area contributed by atoms with Crippen LogP contribution in [0, 0.1) is 19.8 Å². The molecule has 1 aromatic rings. The first-order valence-corrected chi connectivity index (χ1v) is 11.5. The number of halogens is 1. The van der Waals surface area contributed by atoms with Crippen LogP contribution < -0.4 is 10.0 Å². The molecule has 25 heavy (non-hydrogen) atoms. The van der Waals surface area contributed by atoms with Gasteiger partial charge in [-0.15, -0.1) is 12.4 Å². The van der Waals surface area contributed by atoms with Crippen LogP contribution in [0.5, 0.6) is 0 Å². The number of sulfone groups is 1. The van der Waals surface area contributed by atoms with Crippen LogP contribution in [0.4, 0.5) is 0 Å². The van der Waals surface area contributed by atoms with Crippen molar-refractivity contribution in [2.24, 2.45) is 5.92 Å². The molecule has 0 aromatic heterocycles. The van der Waals surface area contributed by atoms with Crippen molar-refractivity contribution in [1.29, 1.82) is 0 Å². The Morgan fingerprint density at radius 3 is 2.36 bits per heavy atom. The Hall–Kier alpha value is -0.670. The molecule has 144 valence electrons. The summed E-state index contributed by atoms with van der Waals surface area (Å²) in [6.07, 6.45) is 4.09. The van der Waals surface area contributed by atoms with Crippen LogP contribution in [0.2, 0.25) is 0 Å². The molecule has 0 spiro atoms. The first-order chi connectivity index (χ1) is 11.1. The molecule has 0 aliphatic carbocycles. The standard InChI is InChI=1S/C16H26N2O4S2.ClH/c1-12-9-15(23(3,19)20)13(2)16(10-12)24(21,22)18-8-6-14-5-4-7-17-11-14;/h9-10,14,17-18H,4-8,11H2,1-3H3;1H. The van der Waals surface area contributed by atoms with Crippen molar-refractivity contribution < 1.29 is 16.8 Å². The van der Waals surface area contributed by atoms with Gasteiger partial charge in [0.15, 0.2) is 9.84 Å². The van der Waals surface area contributed by atoms with E-state index in [1.807, 2.05) is 0 Å². The average Bonchev–Trinajstić information content (AvgIpc) is 2.49. The van der Waals surface area contributed by atoms with Crippen molar-refractivity contribution in [3.63, 3.8) is 0 Å². The van der Waals surface area contributed by atoms with Crippen LogP contribution >= 0.6 is 12.4 Å². The molecule has 0 saturated carbocycles. The van der Waals surface area contributed by atoms with Crippen molar-refractivity contribution in [3.8, 4) is 0 Å². The Labute approximate surface area is 157 Å². The van der Waals surface area contributed by atoms with Gasteiger partial charge in [-0.2, -0.15) is 0 Å². The highest BCUT2D eigenvalue weighted by molar-refractivity contribution is 7.91. The van der Waals surface area contributed by atoms with Gasteiger partial charge >= 0.3 is 0 Å². The average molecular weight is 411 g/mol. The summed E-state index contributed by atoms with van der Waals surface area (Å²) in [5, 5.41) is 3.31. The Balaban J connectivity index is 0.00000312. The fourth-order valence-electron chi connectivity index (χ4n) is 3.10. The van der Waals surface area contributed by atoms with Crippen LogP contribution in [-0.4, -0.2) is 42.7 Å². The summed E-state index contributed by atoms with van der Waals surface area (Å²) in [6, 6.07) is 3.03. The lowest BCUT2D eigenvalue weighted by Crippen LogP contribution is -2.33. The van der Waals surface area contributed by atoms with Gasteiger partial charge in [0.05, 0.1) is 9.79 Å². The van der Waals surface area contributed by atoms with Gasteiger partial charge in [-0.1, -0.05) is 0 Å². The Morgan fingerprint density at radius 1 is 1.16 bits per heavy atom. The molecule has 1 unspecified atom stereocenters. The van der Waals surface area contributed by atoms with Gasteiger partial charge in [0, 0.05) is 12.8 Å². The molecule has 1 aliphatic heterocycles. The van der Waals surface area contributed by atoms with E-state index in [9.17, 15) is 16.8 Å².